The van der Waals surface area contributed by atoms with Crippen LogP contribution in [-0.4, -0.2) is 11.9 Å². The Morgan fingerprint density at radius 3 is 2.70 bits per heavy atom. The van der Waals surface area contributed by atoms with E-state index in [0.717, 1.165) is 24.5 Å². The first-order chi connectivity index (χ1) is 9.54. The van der Waals surface area contributed by atoms with Crippen molar-refractivity contribution in [2.75, 3.05) is 0 Å². The molecule has 1 aromatic carbocycles. The lowest BCUT2D eigenvalue weighted by molar-refractivity contribution is 0.0911. The fourth-order valence-corrected chi connectivity index (χ4v) is 3.97. The molecule has 0 heterocycles. The predicted octanol–water partition coefficient (Wildman–Crippen LogP) is 3.52. The van der Waals surface area contributed by atoms with Gasteiger partial charge >= 0.3 is 0 Å². The summed E-state index contributed by atoms with van der Waals surface area (Å²) in [5, 5.41) is 2.88. The monoisotopic (exact) mass is 279 g/mol. The predicted molar refractivity (Wildman–Crippen MR) is 72.2 cm³/mol. The van der Waals surface area contributed by atoms with Gasteiger partial charge in [0, 0.05) is 12.1 Å². The molecule has 0 spiro atoms. The highest BCUT2D eigenvalue weighted by Gasteiger charge is 2.42. The Morgan fingerprint density at radius 2 is 2.10 bits per heavy atom. The van der Waals surface area contributed by atoms with E-state index < -0.39 is 17.5 Å². The van der Waals surface area contributed by atoms with Crippen LogP contribution in [0.5, 0.6) is 0 Å². The number of fused-ring (bicyclic) bond motifs is 2. The molecule has 0 aromatic heterocycles. The average molecular weight is 279 g/mol. The first-order valence-electron chi connectivity index (χ1n) is 7.30. The van der Waals surface area contributed by atoms with Crippen LogP contribution in [0.2, 0.25) is 0 Å². The van der Waals surface area contributed by atoms with E-state index in [-0.39, 0.29) is 11.6 Å². The summed E-state index contributed by atoms with van der Waals surface area (Å²) in [5.41, 5.74) is -0.0820. The molecule has 2 bridgehead atoms. The zero-order chi connectivity index (χ0) is 14.3. The van der Waals surface area contributed by atoms with Crippen LogP contribution in [0.1, 0.15) is 43.0 Å². The number of hydrogen-bond acceptors (Lipinski definition) is 1. The Labute approximate surface area is 117 Å². The minimum atomic E-state index is -0.803. The first-order valence-corrected chi connectivity index (χ1v) is 7.30. The maximum absolute atomic E-state index is 13.6. The molecule has 3 rings (SSSR count). The topological polar surface area (TPSA) is 29.1 Å². The third-order valence-corrected chi connectivity index (χ3v) is 4.97. The number of nitrogens with one attached hydrogen (secondary N) is 1. The maximum atomic E-state index is 13.6. The lowest BCUT2D eigenvalue weighted by atomic mass is 9.84. The molecule has 2 aliphatic rings. The summed E-state index contributed by atoms with van der Waals surface area (Å²) in [6, 6.07) is 3.10. The van der Waals surface area contributed by atoms with E-state index in [0.29, 0.717) is 11.8 Å². The third-order valence-electron chi connectivity index (χ3n) is 4.97. The fourth-order valence-electron chi connectivity index (χ4n) is 3.97. The zero-order valence-electron chi connectivity index (χ0n) is 11.5. The highest BCUT2D eigenvalue weighted by atomic mass is 19.1. The van der Waals surface area contributed by atoms with Crippen molar-refractivity contribution in [2.45, 2.75) is 38.6 Å². The molecule has 2 fully saturated rings. The van der Waals surface area contributed by atoms with Gasteiger partial charge in [-0.1, -0.05) is 6.42 Å². The average Bonchev–Trinajstić information content (AvgIpc) is 3.00. The summed E-state index contributed by atoms with van der Waals surface area (Å²) in [5.74, 6) is 0.0992. The van der Waals surface area contributed by atoms with Gasteiger partial charge in [0.15, 0.2) is 0 Å². The normalized spacial score (nSPS) is 29.4. The van der Waals surface area contributed by atoms with Gasteiger partial charge in [-0.15, -0.1) is 0 Å². The van der Waals surface area contributed by atoms with Crippen molar-refractivity contribution >= 4 is 5.91 Å². The van der Waals surface area contributed by atoms with E-state index in [1.807, 2.05) is 6.92 Å². The highest BCUT2D eigenvalue weighted by Crippen LogP contribution is 2.49. The standard InChI is InChI=1S/C16H19F2NO/c1-9(14-7-10-2-3-11(14)6-10)19-16(20)13-5-4-12(17)8-15(13)18/h4-5,8-11,14H,2-3,6-7H2,1H3,(H,19,20)/t9-,10-,11-,14-/m0/s1. The second kappa shape index (κ2) is 5.15. The number of carbonyl (C=O) groups excluding carboxylic acids is 1. The summed E-state index contributed by atoms with van der Waals surface area (Å²) >= 11 is 0. The van der Waals surface area contributed by atoms with Gasteiger partial charge in [0.1, 0.15) is 11.6 Å². The van der Waals surface area contributed by atoms with Crippen LogP contribution >= 0.6 is 0 Å². The quantitative estimate of drug-likeness (QED) is 0.901. The van der Waals surface area contributed by atoms with Crippen molar-refractivity contribution < 1.29 is 13.6 Å². The van der Waals surface area contributed by atoms with Gasteiger partial charge in [-0.05, 0) is 56.1 Å². The molecule has 0 radical (unpaired) electrons. The number of hydrogen-bond donors (Lipinski definition) is 1. The Kier molecular flexibility index (Phi) is 3.48. The van der Waals surface area contributed by atoms with Crippen molar-refractivity contribution in [3.63, 3.8) is 0 Å². The Balaban J connectivity index is 1.66. The molecular weight excluding hydrogens is 260 g/mol. The van der Waals surface area contributed by atoms with E-state index in [9.17, 15) is 13.6 Å². The molecule has 4 atom stereocenters. The summed E-state index contributed by atoms with van der Waals surface area (Å²) in [7, 11) is 0. The van der Waals surface area contributed by atoms with Crippen LogP contribution in [0.15, 0.2) is 18.2 Å². The molecule has 0 unspecified atom stereocenters. The Bertz CT molecular complexity index is 531. The molecular formula is C16H19F2NO. The third kappa shape index (κ3) is 2.43. The fraction of sp³-hybridized carbons (Fsp3) is 0.562. The number of rotatable bonds is 3. The van der Waals surface area contributed by atoms with Crippen molar-refractivity contribution in [1.29, 1.82) is 0 Å². The minimum absolute atomic E-state index is 0.0438. The van der Waals surface area contributed by atoms with Crippen LogP contribution in [-0.2, 0) is 0 Å². The Morgan fingerprint density at radius 1 is 1.30 bits per heavy atom. The van der Waals surface area contributed by atoms with Crippen molar-refractivity contribution in [1.82, 2.24) is 5.32 Å². The Hall–Kier alpha value is -1.45. The second-order valence-corrected chi connectivity index (χ2v) is 6.23. The maximum Gasteiger partial charge on any atom is 0.254 e. The van der Waals surface area contributed by atoms with Crippen LogP contribution in [0, 0.1) is 29.4 Å². The van der Waals surface area contributed by atoms with Crippen molar-refractivity contribution in [3.8, 4) is 0 Å². The van der Waals surface area contributed by atoms with E-state index in [1.165, 1.54) is 25.3 Å². The van der Waals surface area contributed by atoms with E-state index in [2.05, 4.69) is 5.32 Å². The van der Waals surface area contributed by atoms with Gasteiger partial charge in [-0.25, -0.2) is 8.78 Å². The molecule has 1 N–H and O–H groups in total. The van der Waals surface area contributed by atoms with Crippen LogP contribution < -0.4 is 5.32 Å². The number of benzene rings is 1. The van der Waals surface area contributed by atoms with Crippen LogP contribution in [0.25, 0.3) is 0 Å². The lowest BCUT2D eigenvalue weighted by Gasteiger charge is -2.28. The van der Waals surface area contributed by atoms with Gasteiger partial charge in [-0.3, -0.25) is 4.79 Å². The number of amides is 1. The molecule has 2 saturated carbocycles. The van der Waals surface area contributed by atoms with E-state index in [4.69, 9.17) is 0 Å². The van der Waals surface area contributed by atoms with Crippen molar-refractivity contribution in [3.05, 3.63) is 35.4 Å². The molecule has 1 aromatic rings. The highest BCUT2D eigenvalue weighted by molar-refractivity contribution is 5.94. The van der Waals surface area contributed by atoms with E-state index >= 15 is 0 Å². The molecule has 1 amide bonds. The van der Waals surface area contributed by atoms with Gasteiger partial charge in [0.2, 0.25) is 0 Å². The second-order valence-electron chi connectivity index (χ2n) is 6.23. The lowest BCUT2D eigenvalue weighted by Crippen LogP contribution is -2.40. The summed E-state index contributed by atoms with van der Waals surface area (Å²) in [6.07, 6.45) is 5.00. The summed E-state index contributed by atoms with van der Waals surface area (Å²) in [4.78, 5) is 12.1. The van der Waals surface area contributed by atoms with Gasteiger partial charge in [0.05, 0.1) is 5.56 Å². The largest absolute Gasteiger partial charge is 0.349 e. The van der Waals surface area contributed by atoms with Crippen LogP contribution in [0.3, 0.4) is 0 Å². The molecule has 20 heavy (non-hydrogen) atoms. The molecule has 108 valence electrons. The molecule has 2 nitrogen and oxygen atoms in total. The molecule has 4 heteroatoms. The zero-order valence-corrected chi connectivity index (χ0v) is 11.5. The van der Waals surface area contributed by atoms with Gasteiger partial charge in [-0.2, -0.15) is 0 Å². The minimum Gasteiger partial charge on any atom is -0.349 e. The number of carbonyl (C=O) groups is 1. The van der Waals surface area contributed by atoms with Crippen LogP contribution in [0.4, 0.5) is 8.78 Å². The van der Waals surface area contributed by atoms with Gasteiger partial charge in [0.25, 0.3) is 5.91 Å². The smallest absolute Gasteiger partial charge is 0.254 e. The molecule has 2 aliphatic carbocycles. The first kappa shape index (κ1) is 13.5. The van der Waals surface area contributed by atoms with E-state index in [1.54, 1.807) is 0 Å². The number of halogens is 2. The SMILES string of the molecule is C[C@H](NC(=O)c1ccc(F)cc1F)[C@@H]1C[C@H]2CC[C@H]1C2. The molecule has 0 saturated heterocycles. The summed E-state index contributed by atoms with van der Waals surface area (Å²) < 4.78 is 26.4. The van der Waals surface area contributed by atoms with Gasteiger partial charge < -0.3 is 5.32 Å². The molecule has 0 aliphatic heterocycles. The summed E-state index contributed by atoms with van der Waals surface area (Å²) in [6.45, 7) is 1.99. The van der Waals surface area contributed by atoms with Crippen molar-refractivity contribution in [2.24, 2.45) is 17.8 Å².